The summed E-state index contributed by atoms with van der Waals surface area (Å²) >= 11 is 0. The fourth-order valence-electron chi connectivity index (χ4n) is 4.43. The van der Waals surface area contributed by atoms with Crippen molar-refractivity contribution < 1.29 is 18.4 Å². The molecule has 1 aliphatic carbocycles. The van der Waals surface area contributed by atoms with E-state index in [1.807, 2.05) is 0 Å². The quantitative estimate of drug-likeness (QED) is 0.326. The van der Waals surface area contributed by atoms with Gasteiger partial charge < -0.3 is 19.5 Å². The molecule has 0 bridgehead atoms. The van der Waals surface area contributed by atoms with Gasteiger partial charge in [0.2, 0.25) is 17.7 Å². The lowest BCUT2D eigenvalue weighted by molar-refractivity contribution is 0.0954. The Morgan fingerprint density at radius 3 is 2.70 bits per heavy atom. The minimum atomic E-state index is -0.630. The highest BCUT2D eigenvalue weighted by molar-refractivity contribution is 5.94. The molecule has 0 spiro atoms. The predicted octanol–water partition coefficient (Wildman–Crippen LogP) is 3.98. The van der Waals surface area contributed by atoms with E-state index in [0.29, 0.717) is 35.9 Å². The Bertz CT molecular complexity index is 1260. The molecule has 0 unspecified atom stereocenters. The van der Waals surface area contributed by atoms with Crippen molar-refractivity contribution in [1.29, 1.82) is 0 Å². The van der Waals surface area contributed by atoms with E-state index in [-0.39, 0.29) is 12.1 Å². The molecule has 5 rings (SSSR count). The Labute approximate surface area is 214 Å². The molecule has 1 aliphatic heterocycles. The van der Waals surface area contributed by atoms with Crippen molar-refractivity contribution in [2.45, 2.75) is 44.4 Å². The van der Waals surface area contributed by atoms with Gasteiger partial charge in [-0.3, -0.25) is 4.79 Å². The maximum Gasteiger partial charge on any atom is 0.255 e. The second-order valence-corrected chi connectivity index (χ2v) is 9.45. The number of hydrogen-bond donors (Lipinski definition) is 1. The average molecular weight is 505 g/mol. The largest absolute Gasteiger partial charge is 0.493 e. The van der Waals surface area contributed by atoms with Gasteiger partial charge in [-0.05, 0) is 56.6 Å². The van der Waals surface area contributed by atoms with E-state index in [1.165, 1.54) is 12.1 Å². The van der Waals surface area contributed by atoms with Gasteiger partial charge in [-0.25, -0.2) is 14.4 Å². The zero-order chi connectivity index (χ0) is 25.6. The summed E-state index contributed by atoms with van der Waals surface area (Å²) in [4.78, 5) is 27.6. The number of hydrogen-bond acceptors (Lipinski definition) is 8. The Balaban J connectivity index is 1.02. The van der Waals surface area contributed by atoms with E-state index in [0.717, 1.165) is 63.1 Å². The minimum absolute atomic E-state index is 0.0505. The van der Waals surface area contributed by atoms with Crippen molar-refractivity contribution in [1.82, 2.24) is 25.4 Å². The molecule has 10 heteroatoms. The summed E-state index contributed by atoms with van der Waals surface area (Å²) in [6.07, 6.45) is 14.9. The average Bonchev–Trinajstić information content (AvgIpc) is 3.66. The third-order valence-electron chi connectivity index (χ3n) is 6.72. The molecule has 37 heavy (non-hydrogen) atoms. The van der Waals surface area contributed by atoms with E-state index in [9.17, 15) is 9.18 Å². The second-order valence-electron chi connectivity index (χ2n) is 9.45. The van der Waals surface area contributed by atoms with E-state index in [4.69, 9.17) is 15.7 Å². The van der Waals surface area contributed by atoms with Gasteiger partial charge in [-0.2, -0.15) is 4.98 Å². The van der Waals surface area contributed by atoms with Crippen molar-refractivity contribution in [3.05, 3.63) is 47.9 Å². The monoisotopic (exact) mass is 504 g/mol. The first-order valence-electron chi connectivity index (χ1n) is 12.7. The topological polar surface area (TPSA) is 106 Å². The molecule has 3 aromatic rings. The number of piperidine rings is 1. The molecule has 1 aromatic carbocycles. The number of amides is 1. The molecule has 0 atom stereocenters. The zero-order valence-corrected chi connectivity index (χ0v) is 20.5. The number of rotatable bonds is 10. The number of aromatic nitrogens is 4. The van der Waals surface area contributed by atoms with Crippen LogP contribution in [0.2, 0.25) is 0 Å². The van der Waals surface area contributed by atoms with Gasteiger partial charge in [0.25, 0.3) is 5.91 Å². The maximum atomic E-state index is 14.2. The summed E-state index contributed by atoms with van der Waals surface area (Å²) in [7, 11) is 0. The van der Waals surface area contributed by atoms with E-state index < -0.39 is 11.7 Å². The normalized spacial score (nSPS) is 15.8. The van der Waals surface area contributed by atoms with Crippen LogP contribution in [-0.4, -0.2) is 52.3 Å². The van der Waals surface area contributed by atoms with Crippen LogP contribution in [0.15, 0.2) is 35.1 Å². The first-order chi connectivity index (χ1) is 18.1. The summed E-state index contributed by atoms with van der Waals surface area (Å²) < 4.78 is 25.3. The predicted molar refractivity (Wildman–Crippen MR) is 135 cm³/mol. The van der Waals surface area contributed by atoms with Crippen LogP contribution in [0.4, 0.5) is 10.3 Å². The van der Waals surface area contributed by atoms with Crippen molar-refractivity contribution in [3.8, 4) is 29.5 Å². The van der Waals surface area contributed by atoms with Crippen molar-refractivity contribution in [2.24, 2.45) is 5.92 Å². The number of terminal acetylenes is 1. The highest BCUT2D eigenvalue weighted by Crippen LogP contribution is 2.39. The summed E-state index contributed by atoms with van der Waals surface area (Å²) in [5, 5.41) is 6.50. The van der Waals surface area contributed by atoms with Crippen LogP contribution in [0.5, 0.6) is 5.75 Å². The summed E-state index contributed by atoms with van der Waals surface area (Å²) in [6.45, 7) is 2.34. The maximum absolute atomic E-state index is 14.2. The van der Waals surface area contributed by atoms with Crippen LogP contribution in [-0.2, 0) is 0 Å². The number of carbonyl (C=O) groups excluding carboxylic acids is 1. The molecule has 1 saturated carbocycles. The van der Waals surface area contributed by atoms with E-state index in [2.05, 4.69) is 36.2 Å². The molecule has 1 saturated heterocycles. The van der Waals surface area contributed by atoms with Gasteiger partial charge in [-0.1, -0.05) is 11.1 Å². The molecular formula is C27H29FN6O3. The van der Waals surface area contributed by atoms with Gasteiger partial charge in [0.1, 0.15) is 11.6 Å². The van der Waals surface area contributed by atoms with Crippen molar-refractivity contribution >= 4 is 11.9 Å². The van der Waals surface area contributed by atoms with Crippen molar-refractivity contribution in [2.75, 3.05) is 31.1 Å². The van der Waals surface area contributed by atoms with E-state index >= 15 is 0 Å². The van der Waals surface area contributed by atoms with Crippen LogP contribution in [0.25, 0.3) is 11.4 Å². The van der Waals surface area contributed by atoms with Crippen LogP contribution in [0.3, 0.4) is 0 Å². The molecule has 2 fully saturated rings. The molecule has 1 N–H and O–H groups in total. The van der Waals surface area contributed by atoms with Gasteiger partial charge >= 0.3 is 0 Å². The molecule has 9 nitrogen and oxygen atoms in total. The lowest BCUT2D eigenvalue weighted by Gasteiger charge is -2.32. The smallest absolute Gasteiger partial charge is 0.255 e. The lowest BCUT2D eigenvalue weighted by atomic mass is 9.92. The van der Waals surface area contributed by atoms with Crippen LogP contribution in [0, 0.1) is 24.1 Å². The minimum Gasteiger partial charge on any atom is -0.493 e. The molecular weight excluding hydrogens is 475 g/mol. The summed E-state index contributed by atoms with van der Waals surface area (Å²) in [6, 6.07) is 4.25. The first-order valence-corrected chi connectivity index (χ1v) is 12.7. The van der Waals surface area contributed by atoms with E-state index in [1.54, 1.807) is 18.5 Å². The number of benzene rings is 1. The number of anilines is 1. The molecule has 2 aliphatic rings. The third-order valence-corrected chi connectivity index (χ3v) is 6.72. The lowest BCUT2D eigenvalue weighted by Crippen LogP contribution is -2.34. The molecule has 3 heterocycles. The number of nitrogens with one attached hydrogen (secondary N) is 1. The third kappa shape index (κ3) is 6.23. The van der Waals surface area contributed by atoms with Gasteiger partial charge in [0.15, 0.2) is 0 Å². The molecule has 1 amide bonds. The SMILES string of the molecule is C#CCNC(=O)c1ccc(OCCCC2CCN(c3ncc(-c4noc(C5CC5)n4)cn3)CC2)cc1F. The fourth-order valence-corrected chi connectivity index (χ4v) is 4.43. The Kier molecular flexibility index (Phi) is 7.59. The standard InChI is InChI=1S/C27H29FN6O3/c1-2-11-29-25(35)22-8-7-21(15-23(22)28)36-14-3-4-18-9-12-34(13-10-18)27-30-16-20(17-31-27)24-32-26(37-33-24)19-5-6-19/h1,7-8,15-19H,3-6,9-14H2,(H,29,35). The fraction of sp³-hybridized carbons (Fsp3) is 0.444. The van der Waals surface area contributed by atoms with Crippen LogP contribution >= 0.6 is 0 Å². The van der Waals surface area contributed by atoms with Crippen LogP contribution < -0.4 is 15.0 Å². The number of carbonyl (C=O) groups is 1. The number of nitrogens with zero attached hydrogens (tertiary/aromatic N) is 5. The van der Waals surface area contributed by atoms with Crippen LogP contribution in [0.1, 0.15) is 60.7 Å². The Morgan fingerprint density at radius 1 is 1.22 bits per heavy atom. The number of ether oxygens (including phenoxy) is 1. The highest BCUT2D eigenvalue weighted by atomic mass is 19.1. The van der Waals surface area contributed by atoms with Crippen molar-refractivity contribution in [3.63, 3.8) is 0 Å². The van der Waals surface area contributed by atoms with Gasteiger partial charge in [0, 0.05) is 37.5 Å². The molecule has 2 aromatic heterocycles. The molecule has 192 valence electrons. The molecule has 0 radical (unpaired) electrons. The Hall–Kier alpha value is -4.00. The highest BCUT2D eigenvalue weighted by Gasteiger charge is 2.30. The summed E-state index contributed by atoms with van der Waals surface area (Å²) in [5.74, 6) is 4.51. The first kappa shape index (κ1) is 24.7. The zero-order valence-electron chi connectivity index (χ0n) is 20.5. The number of halogens is 1. The second kappa shape index (κ2) is 11.4. The van der Waals surface area contributed by atoms with Gasteiger partial charge in [-0.15, -0.1) is 6.42 Å². The summed E-state index contributed by atoms with van der Waals surface area (Å²) in [5.41, 5.74) is 0.710. The van der Waals surface area contributed by atoms with Gasteiger partial charge in [0.05, 0.1) is 24.3 Å². The Morgan fingerprint density at radius 2 is 2.00 bits per heavy atom.